The first-order chi connectivity index (χ1) is 9.26. The Labute approximate surface area is 123 Å². The minimum atomic E-state index is 0.00213. The molecular weight excluding hydrogens is 248 g/mol. The lowest BCUT2D eigenvalue weighted by molar-refractivity contribution is -0.0306. The highest BCUT2D eigenvalue weighted by atomic mass is 16.5. The summed E-state index contributed by atoms with van der Waals surface area (Å²) in [5.41, 5.74) is 1.51. The lowest BCUT2D eigenvalue weighted by Gasteiger charge is -2.48. The largest absolute Gasteiger partial charge is 0.381 e. The standard InChI is InChI=1S/C17H30N2O/c1-13(2)14-11-18-19(12-14)17(5,6)16(3,4)15-7-9-20-10-8-15/h11-13,15H,7-10H2,1-6H3. The number of aromatic nitrogens is 2. The van der Waals surface area contributed by atoms with Gasteiger partial charge in [-0.25, -0.2) is 0 Å². The van der Waals surface area contributed by atoms with Crippen LogP contribution in [0.1, 0.15) is 65.9 Å². The Kier molecular flexibility index (Phi) is 4.29. The van der Waals surface area contributed by atoms with Crippen molar-refractivity contribution in [3.05, 3.63) is 18.0 Å². The van der Waals surface area contributed by atoms with Crippen LogP contribution in [0.2, 0.25) is 0 Å². The van der Waals surface area contributed by atoms with Crippen LogP contribution >= 0.6 is 0 Å². The number of hydrogen-bond acceptors (Lipinski definition) is 2. The van der Waals surface area contributed by atoms with Gasteiger partial charge in [0.25, 0.3) is 0 Å². The summed E-state index contributed by atoms with van der Waals surface area (Å²) in [6.45, 7) is 15.7. The molecule has 1 aliphatic heterocycles. The van der Waals surface area contributed by atoms with Gasteiger partial charge < -0.3 is 4.74 Å². The maximum Gasteiger partial charge on any atom is 0.0625 e. The molecule has 1 aromatic heterocycles. The summed E-state index contributed by atoms with van der Waals surface area (Å²) in [6, 6.07) is 0. The molecule has 0 spiro atoms. The third-order valence-electron chi connectivity index (χ3n) is 5.66. The van der Waals surface area contributed by atoms with Gasteiger partial charge in [-0.05, 0) is 49.5 Å². The minimum absolute atomic E-state index is 0.00213. The quantitative estimate of drug-likeness (QED) is 0.825. The van der Waals surface area contributed by atoms with Crippen molar-refractivity contribution in [1.29, 1.82) is 0 Å². The number of rotatable bonds is 4. The Morgan fingerprint density at radius 1 is 1.20 bits per heavy atom. The first-order valence-corrected chi connectivity index (χ1v) is 7.89. The highest BCUT2D eigenvalue weighted by molar-refractivity contribution is 5.11. The van der Waals surface area contributed by atoms with E-state index in [0.29, 0.717) is 11.8 Å². The van der Waals surface area contributed by atoms with Gasteiger partial charge in [0.05, 0.1) is 11.7 Å². The van der Waals surface area contributed by atoms with E-state index < -0.39 is 0 Å². The number of nitrogens with zero attached hydrogens (tertiary/aromatic N) is 2. The normalized spacial score (nSPS) is 18.8. The van der Waals surface area contributed by atoms with Crippen molar-refractivity contribution < 1.29 is 4.74 Å². The maximum absolute atomic E-state index is 5.53. The van der Waals surface area contributed by atoms with Crippen molar-refractivity contribution in [2.45, 2.75) is 65.8 Å². The monoisotopic (exact) mass is 278 g/mol. The van der Waals surface area contributed by atoms with E-state index in [2.05, 4.69) is 57.5 Å². The molecule has 1 aliphatic rings. The fourth-order valence-electron chi connectivity index (χ4n) is 3.15. The fourth-order valence-corrected chi connectivity index (χ4v) is 3.15. The van der Waals surface area contributed by atoms with Gasteiger partial charge in [0.15, 0.2) is 0 Å². The third kappa shape index (κ3) is 2.65. The first-order valence-electron chi connectivity index (χ1n) is 7.89. The molecule has 2 rings (SSSR count). The molecule has 0 bridgehead atoms. The van der Waals surface area contributed by atoms with E-state index in [0.717, 1.165) is 26.1 Å². The average molecular weight is 278 g/mol. The second-order valence-corrected chi connectivity index (χ2v) is 7.54. The second kappa shape index (κ2) is 5.51. The predicted octanol–water partition coefficient (Wildman–Crippen LogP) is 4.19. The van der Waals surface area contributed by atoms with Gasteiger partial charge in [0, 0.05) is 19.4 Å². The van der Waals surface area contributed by atoms with Gasteiger partial charge in [-0.3, -0.25) is 4.68 Å². The number of hydrogen-bond donors (Lipinski definition) is 0. The van der Waals surface area contributed by atoms with Crippen molar-refractivity contribution in [3.63, 3.8) is 0 Å². The maximum atomic E-state index is 5.53. The van der Waals surface area contributed by atoms with Gasteiger partial charge in [-0.15, -0.1) is 0 Å². The molecule has 0 amide bonds. The van der Waals surface area contributed by atoms with Crippen molar-refractivity contribution in [3.8, 4) is 0 Å². The van der Waals surface area contributed by atoms with Crippen LogP contribution in [0, 0.1) is 11.3 Å². The molecular formula is C17H30N2O. The van der Waals surface area contributed by atoms with E-state index in [1.807, 2.05) is 6.20 Å². The Balaban J connectivity index is 2.26. The Morgan fingerprint density at radius 3 is 2.30 bits per heavy atom. The summed E-state index contributed by atoms with van der Waals surface area (Å²) in [5, 5.41) is 4.66. The first kappa shape index (κ1) is 15.6. The molecule has 0 atom stereocenters. The van der Waals surface area contributed by atoms with Crippen LogP contribution in [0.4, 0.5) is 0 Å². The summed E-state index contributed by atoms with van der Waals surface area (Å²) in [6.07, 6.45) is 6.57. The van der Waals surface area contributed by atoms with E-state index in [9.17, 15) is 0 Å². The highest BCUT2D eigenvalue weighted by Gasteiger charge is 2.45. The van der Waals surface area contributed by atoms with Crippen molar-refractivity contribution in [2.24, 2.45) is 11.3 Å². The summed E-state index contributed by atoms with van der Waals surface area (Å²) >= 11 is 0. The predicted molar refractivity (Wildman–Crippen MR) is 83.0 cm³/mol. The van der Waals surface area contributed by atoms with Crippen LogP contribution in [0.25, 0.3) is 0 Å². The van der Waals surface area contributed by atoms with Crippen LogP contribution in [-0.4, -0.2) is 23.0 Å². The molecule has 2 heterocycles. The third-order valence-corrected chi connectivity index (χ3v) is 5.66. The van der Waals surface area contributed by atoms with Crippen LogP contribution in [-0.2, 0) is 10.3 Å². The zero-order valence-electron chi connectivity index (χ0n) is 13.9. The summed E-state index contributed by atoms with van der Waals surface area (Å²) in [5.74, 6) is 1.23. The summed E-state index contributed by atoms with van der Waals surface area (Å²) in [7, 11) is 0. The van der Waals surface area contributed by atoms with Crippen molar-refractivity contribution in [1.82, 2.24) is 9.78 Å². The zero-order valence-corrected chi connectivity index (χ0v) is 13.9. The molecule has 114 valence electrons. The van der Waals surface area contributed by atoms with E-state index in [1.54, 1.807) is 0 Å². The van der Waals surface area contributed by atoms with Gasteiger partial charge in [-0.1, -0.05) is 27.7 Å². The molecule has 0 N–H and O–H groups in total. The van der Waals surface area contributed by atoms with Gasteiger partial charge in [0.1, 0.15) is 0 Å². The van der Waals surface area contributed by atoms with E-state index in [1.165, 1.54) is 5.56 Å². The highest BCUT2D eigenvalue weighted by Crippen LogP contribution is 2.46. The molecule has 3 nitrogen and oxygen atoms in total. The topological polar surface area (TPSA) is 27.1 Å². The molecule has 0 unspecified atom stereocenters. The molecule has 1 saturated heterocycles. The molecule has 3 heteroatoms. The fraction of sp³-hybridized carbons (Fsp3) is 0.824. The summed E-state index contributed by atoms with van der Waals surface area (Å²) < 4.78 is 7.70. The van der Waals surface area contributed by atoms with Crippen molar-refractivity contribution in [2.75, 3.05) is 13.2 Å². The second-order valence-electron chi connectivity index (χ2n) is 7.54. The number of ether oxygens (including phenoxy) is 1. The lowest BCUT2D eigenvalue weighted by Crippen LogP contribution is -2.48. The minimum Gasteiger partial charge on any atom is -0.381 e. The van der Waals surface area contributed by atoms with Crippen LogP contribution < -0.4 is 0 Å². The van der Waals surface area contributed by atoms with Crippen molar-refractivity contribution >= 4 is 0 Å². The zero-order chi connectivity index (χ0) is 15.0. The Morgan fingerprint density at radius 2 is 1.80 bits per heavy atom. The molecule has 1 fully saturated rings. The van der Waals surface area contributed by atoms with Gasteiger partial charge in [-0.2, -0.15) is 5.10 Å². The molecule has 0 aliphatic carbocycles. The van der Waals surface area contributed by atoms with E-state index in [4.69, 9.17) is 4.74 Å². The van der Waals surface area contributed by atoms with Gasteiger partial charge >= 0.3 is 0 Å². The summed E-state index contributed by atoms with van der Waals surface area (Å²) in [4.78, 5) is 0. The van der Waals surface area contributed by atoms with E-state index in [-0.39, 0.29) is 11.0 Å². The molecule has 0 aromatic carbocycles. The van der Waals surface area contributed by atoms with E-state index >= 15 is 0 Å². The lowest BCUT2D eigenvalue weighted by atomic mass is 9.63. The van der Waals surface area contributed by atoms with Crippen LogP contribution in [0.3, 0.4) is 0 Å². The Bertz CT molecular complexity index is 440. The smallest absolute Gasteiger partial charge is 0.0625 e. The Hall–Kier alpha value is -0.830. The van der Waals surface area contributed by atoms with Gasteiger partial charge in [0.2, 0.25) is 0 Å². The molecule has 1 aromatic rings. The molecule has 0 saturated carbocycles. The van der Waals surface area contributed by atoms with Crippen LogP contribution in [0.15, 0.2) is 12.4 Å². The molecule has 20 heavy (non-hydrogen) atoms. The molecule has 0 radical (unpaired) electrons. The van der Waals surface area contributed by atoms with Crippen LogP contribution in [0.5, 0.6) is 0 Å². The average Bonchev–Trinajstić information content (AvgIpc) is 2.90. The SMILES string of the molecule is CC(C)c1cnn(C(C)(C)C(C)(C)C2CCOCC2)c1.